The maximum Gasteiger partial charge on any atom is 0.238 e. The van der Waals surface area contributed by atoms with E-state index in [4.69, 9.17) is 9.97 Å². The molecule has 2 saturated carbocycles. The molecule has 0 saturated heterocycles. The van der Waals surface area contributed by atoms with Crippen LogP contribution in [0.2, 0.25) is 0 Å². The lowest BCUT2D eigenvalue weighted by atomic mass is 10.0. The minimum atomic E-state index is -0.130. The molecule has 4 aromatic rings. The van der Waals surface area contributed by atoms with Crippen LogP contribution in [0.15, 0.2) is 37.1 Å². The standard InChI is InChI=1S/C22H24N10/c1-14-12-22(14)19-28-27-15(2)31(19)17-13-24-20(26-18(17)32(22)16-6-3-4-7-16)29-11-9-23-21(29)30-10-5-8-25-30/h5,8-11,13-14,16H,3-4,6-7,12H2,1-2H3/t14-,22?/m1/s1. The molecular weight excluding hydrogens is 404 g/mol. The van der Waals surface area contributed by atoms with E-state index in [1.54, 1.807) is 17.1 Å². The molecule has 162 valence electrons. The summed E-state index contributed by atoms with van der Waals surface area (Å²) in [7, 11) is 0. The van der Waals surface area contributed by atoms with Gasteiger partial charge in [0.25, 0.3) is 0 Å². The molecule has 0 radical (unpaired) electrons. The van der Waals surface area contributed by atoms with Crippen LogP contribution >= 0.6 is 0 Å². The molecule has 0 N–H and O–H groups in total. The van der Waals surface area contributed by atoms with Crippen molar-refractivity contribution in [2.45, 2.75) is 57.5 Å². The van der Waals surface area contributed by atoms with Crippen molar-refractivity contribution < 1.29 is 0 Å². The van der Waals surface area contributed by atoms with Gasteiger partial charge in [0.15, 0.2) is 11.6 Å². The lowest BCUT2D eigenvalue weighted by Crippen LogP contribution is -2.48. The topological polar surface area (TPSA) is 95.4 Å². The van der Waals surface area contributed by atoms with E-state index in [0.717, 1.165) is 29.6 Å². The first-order chi connectivity index (χ1) is 15.7. The zero-order valence-corrected chi connectivity index (χ0v) is 18.1. The molecule has 1 unspecified atom stereocenters. The van der Waals surface area contributed by atoms with E-state index in [1.807, 2.05) is 36.1 Å². The van der Waals surface area contributed by atoms with Crippen molar-refractivity contribution in [1.29, 1.82) is 0 Å². The second-order valence-corrected chi connectivity index (χ2v) is 9.17. The highest BCUT2D eigenvalue weighted by molar-refractivity contribution is 5.67. The van der Waals surface area contributed by atoms with Gasteiger partial charge in [-0.15, -0.1) is 10.2 Å². The highest BCUT2D eigenvalue weighted by Gasteiger charge is 2.64. The van der Waals surface area contributed by atoms with Gasteiger partial charge < -0.3 is 4.90 Å². The molecule has 1 aliphatic heterocycles. The third-order valence-corrected chi connectivity index (χ3v) is 7.36. The minimum absolute atomic E-state index is 0.130. The van der Waals surface area contributed by atoms with E-state index in [1.165, 1.54) is 25.7 Å². The van der Waals surface area contributed by atoms with Crippen LogP contribution in [0, 0.1) is 12.8 Å². The maximum atomic E-state index is 5.16. The van der Waals surface area contributed by atoms with E-state index in [2.05, 4.69) is 36.7 Å². The van der Waals surface area contributed by atoms with E-state index in [0.29, 0.717) is 23.9 Å². The van der Waals surface area contributed by atoms with Gasteiger partial charge in [0.1, 0.15) is 17.1 Å². The molecule has 5 heterocycles. The Balaban J connectivity index is 1.45. The number of aryl methyl sites for hydroxylation is 1. The third-order valence-electron chi connectivity index (χ3n) is 7.36. The molecule has 4 aromatic heterocycles. The number of nitrogens with zero attached hydrogens (tertiary/aromatic N) is 10. The van der Waals surface area contributed by atoms with Crippen LogP contribution < -0.4 is 4.90 Å². The first kappa shape index (κ1) is 18.1. The molecule has 3 aliphatic rings. The summed E-state index contributed by atoms with van der Waals surface area (Å²) < 4.78 is 5.78. The first-order valence-electron chi connectivity index (χ1n) is 11.3. The predicted molar refractivity (Wildman–Crippen MR) is 116 cm³/mol. The van der Waals surface area contributed by atoms with Crippen molar-refractivity contribution in [3.05, 3.63) is 48.7 Å². The fourth-order valence-electron chi connectivity index (χ4n) is 5.76. The van der Waals surface area contributed by atoms with Crippen molar-refractivity contribution in [3.8, 4) is 17.6 Å². The zero-order valence-electron chi connectivity index (χ0n) is 18.1. The monoisotopic (exact) mass is 428 g/mol. The van der Waals surface area contributed by atoms with Gasteiger partial charge >= 0.3 is 0 Å². The second kappa shape index (κ2) is 6.24. The van der Waals surface area contributed by atoms with Crippen LogP contribution in [0.25, 0.3) is 17.6 Å². The molecule has 32 heavy (non-hydrogen) atoms. The fraction of sp³-hybridized carbons (Fsp3) is 0.455. The van der Waals surface area contributed by atoms with Gasteiger partial charge in [-0.2, -0.15) is 10.1 Å². The summed E-state index contributed by atoms with van der Waals surface area (Å²) in [5.41, 5.74) is 0.831. The Morgan fingerprint density at radius 3 is 2.66 bits per heavy atom. The Morgan fingerprint density at radius 1 is 1.06 bits per heavy atom. The van der Waals surface area contributed by atoms with Crippen molar-refractivity contribution in [1.82, 2.24) is 44.1 Å². The average molecular weight is 429 g/mol. The van der Waals surface area contributed by atoms with Gasteiger partial charge in [0.05, 0.1) is 6.20 Å². The number of aromatic nitrogens is 9. The van der Waals surface area contributed by atoms with E-state index >= 15 is 0 Å². The first-order valence-corrected chi connectivity index (χ1v) is 11.3. The minimum Gasteiger partial charge on any atom is -0.338 e. The quantitative estimate of drug-likeness (QED) is 0.495. The molecular formula is C22H24N10. The molecule has 2 fully saturated rings. The summed E-state index contributed by atoms with van der Waals surface area (Å²) in [6.07, 6.45) is 15.1. The SMILES string of the molecule is Cc1nnc2n1-c1cnc(-n3ccnc3-n3cccn3)nc1N(C1CCCC1)C21C[C@H]1C. The molecule has 2 atom stereocenters. The Bertz CT molecular complexity index is 1310. The summed E-state index contributed by atoms with van der Waals surface area (Å²) in [6.45, 7) is 4.32. The van der Waals surface area contributed by atoms with E-state index in [-0.39, 0.29) is 5.54 Å². The van der Waals surface area contributed by atoms with Gasteiger partial charge in [-0.1, -0.05) is 19.8 Å². The molecule has 7 rings (SSSR count). The number of anilines is 1. The van der Waals surface area contributed by atoms with Crippen molar-refractivity contribution in [2.75, 3.05) is 4.90 Å². The third kappa shape index (κ3) is 2.24. The lowest BCUT2D eigenvalue weighted by molar-refractivity contribution is 0.440. The number of rotatable bonds is 3. The molecule has 0 amide bonds. The van der Waals surface area contributed by atoms with Crippen molar-refractivity contribution in [3.63, 3.8) is 0 Å². The molecule has 10 heteroatoms. The highest BCUT2D eigenvalue weighted by atomic mass is 15.4. The van der Waals surface area contributed by atoms with Crippen molar-refractivity contribution >= 4 is 5.82 Å². The Labute approximate surface area is 185 Å². The second-order valence-electron chi connectivity index (χ2n) is 9.17. The molecule has 10 nitrogen and oxygen atoms in total. The van der Waals surface area contributed by atoms with Crippen molar-refractivity contribution in [2.24, 2.45) is 5.92 Å². The summed E-state index contributed by atoms with van der Waals surface area (Å²) in [5.74, 6) is 4.65. The van der Waals surface area contributed by atoms with Crippen LogP contribution in [0.1, 0.15) is 50.7 Å². The smallest absolute Gasteiger partial charge is 0.238 e. The number of fused-ring (bicyclic) bond motifs is 4. The molecule has 0 aromatic carbocycles. The van der Waals surface area contributed by atoms with Gasteiger partial charge in [0.2, 0.25) is 11.9 Å². The van der Waals surface area contributed by atoms with Crippen LogP contribution in [0.5, 0.6) is 0 Å². The summed E-state index contributed by atoms with van der Waals surface area (Å²) in [6, 6.07) is 2.34. The van der Waals surface area contributed by atoms with Crippen LogP contribution in [-0.4, -0.2) is 50.1 Å². The normalized spacial score (nSPS) is 24.2. The van der Waals surface area contributed by atoms with Gasteiger partial charge in [0, 0.05) is 30.8 Å². The van der Waals surface area contributed by atoms with E-state index in [9.17, 15) is 0 Å². The molecule has 0 bridgehead atoms. The molecule has 2 aliphatic carbocycles. The lowest BCUT2D eigenvalue weighted by Gasteiger charge is -2.42. The van der Waals surface area contributed by atoms with Crippen LogP contribution in [0.3, 0.4) is 0 Å². The van der Waals surface area contributed by atoms with E-state index < -0.39 is 0 Å². The Kier molecular flexibility index (Phi) is 3.52. The Morgan fingerprint density at radius 2 is 1.91 bits per heavy atom. The molecule has 1 spiro atoms. The average Bonchev–Trinajstić information content (AvgIpc) is 3.44. The van der Waals surface area contributed by atoms with Gasteiger partial charge in [-0.25, -0.2) is 14.6 Å². The largest absolute Gasteiger partial charge is 0.338 e. The fourth-order valence-corrected chi connectivity index (χ4v) is 5.76. The van der Waals surface area contributed by atoms with Gasteiger partial charge in [-0.05, 0) is 38.2 Å². The Hall–Kier alpha value is -3.56. The number of imidazole rings is 1. The van der Waals surface area contributed by atoms with Crippen LogP contribution in [0.4, 0.5) is 5.82 Å². The van der Waals surface area contributed by atoms with Crippen LogP contribution in [-0.2, 0) is 5.54 Å². The summed E-state index contributed by atoms with van der Waals surface area (Å²) in [5, 5.41) is 13.4. The maximum absolute atomic E-state index is 5.16. The number of hydrogen-bond donors (Lipinski definition) is 0. The summed E-state index contributed by atoms with van der Waals surface area (Å²) >= 11 is 0. The number of hydrogen-bond acceptors (Lipinski definition) is 7. The highest BCUT2D eigenvalue weighted by Crippen LogP contribution is 2.61. The van der Waals surface area contributed by atoms with Gasteiger partial charge in [-0.3, -0.25) is 9.13 Å². The predicted octanol–water partition coefficient (Wildman–Crippen LogP) is 2.73. The summed E-state index contributed by atoms with van der Waals surface area (Å²) in [4.78, 5) is 17.0. The zero-order chi connectivity index (χ0) is 21.4.